The van der Waals surface area contributed by atoms with Crippen molar-refractivity contribution in [3.8, 4) is 0 Å². The smallest absolute Gasteiger partial charge is 0.236 e. The molecule has 0 bridgehead atoms. The molecule has 0 aromatic heterocycles. The van der Waals surface area contributed by atoms with Gasteiger partial charge in [-0.3, -0.25) is 14.5 Å². The maximum Gasteiger partial charge on any atom is 0.236 e. The summed E-state index contributed by atoms with van der Waals surface area (Å²) in [5.41, 5.74) is 1.21. The first-order valence-corrected chi connectivity index (χ1v) is 9.96. The molecular formula is C21H31N3O2. The van der Waals surface area contributed by atoms with Gasteiger partial charge in [0, 0.05) is 45.7 Å². The average molecular weight is 357 g/mol. The molecule has 0 radical (unpaired) electrons. The second-order valence-electron chi connectivity index (χ2n) is 7.61. The van der Waals surface area contributed by atoms with Crippen molar-refractivity contribution in [1.82, 2.24) is 14.7 Å². The Bertz CT molecular complexity index is 591. The third-order valence-electron chi connectivity index (χ3n) is 5.64. The van der Waals surface area contributed by atoms with Gasteiger partial charge in [-0.25, -0.2) is 0 Å². The molecule has 5 nitrogen and oxygen atoms in total. The number of rotatable bonds is 5. The van der Waals surface area contributed by atoms with Crippen LogP contribution in [0.4, 0.5) is 0 Å². The van der Waals surface area contributed by atoms with Gasteiger partial charge in [0.1, 0.15) is 0 Å². The lowest BCUT2D eigenvalue weighted by molar-refractivity contribution is -0.135. The standard InChI is InChI=1S/C21H31N3O2/c1-18(19-8-4-2-5-9-19)16-20(25)24-14-12-22(13-15-24)17-21(26)23-10-6-3-7-11-23/h2,4-5,8-9,18H,3,6-7,10-17H2,1H3. The van der Waals surface area contributed by atoms with Crippen molar-refractivity contribution in [3.05, 3.63) is 35.9 Å². The molecule has 5 heteroatoms. The lowest BCUT2D eigenvalue weighted by Crippen LogP contribution is -2.52. The Morgan fingerprint density at radius 2 is 1.46 bits per heavy atom. The lowest BCUT2D eigenvalue weighted by Gasteiger charge is -2.36. The van der Waals surface area contributed by atoms with E-state index >= 15 is 0 Å². The fourth-order valence-electron chi connectivity index (χ4n) is 3.88. The number of carbonyl (C=O) groups is 2. The van der Waals surface area contributed by atoms with Crippen LogP contribution in [0.25, 0.3) is 0 Å². The number of hydrogen-bond donors (Lipinski definition) is 0. The molecule has 0 N–H and O–H groups in total. The van der Waals surface area contributed by atoms with E-state index in [-0.39, 0.29) is 17.7 Å². The van der Waals surface area contributed by atoms with Crippen molar-refractivity contribution in [2.75, 3.05) is 45.8 Å². The van der Waals surface area contributed by atoms with Crippen LogP contribution >= 0.6 is 0 Å². The summed E-state index contributed by atoms with van der Waals surface area (Å²) >= 11 is 0. The van der Waals surface area contributed by atoms with Crippen molar-refractivity contribution in [3.63, 3.8) is 0 Å². The summed E-state index contributed by atoms with van der Waals surface area (Å²) in [5.74, 6) is 0.716. The molecule has 0 aliphatic carbocycles. The third kappa shape index (κ3) is 5.07. The first kappa shape index (κ1) is 18.9. The molecule has 3 rings (SSSR count). The van der Waals surface area contributed by atoms with Crippen LogP contribution in [0, 0.1) is 0 Å². The Morgan fingerprint density at radius 3 is 2.12 bits per heavy atom. The maximum absolute atomic E-state index is 12.6. The van der Waals surface area contributed by atoms with Crippen molar-refractivity contribution >= 4 is 11.8 Å². The number of nitrogens with zero attached hydrogens (tertiary/aromatic N) is 3. The predicted octanol–water partition coefficient (Wildman–Crippen LogP) is 2.34. The van der Waals surface area contributed by atoms with Gasteiger partial charge in [-0.1, -0.05) is 37.3 Å². The van der Waals surface area contributed by atoms with Gasteiger partial charge >= 0.3 is 0 Å². The number of benzene rings is 1. The summed E-state index contributed by atoms with van der Waals surface area (Å²) in [7, 11) is 0. The summed E-state index contributed by atoms with van der Waals surface area (Å²) in [6.45, 7) is 7.49. The Kier molecular flexibility index (Phi) is 6.67. The highest BCUT2D eigenvalue weighted by Crippen LogP contribution is 2.20. The molecule has 1 aromatic carbocycles. The first-order chi connectivity index (χ1) is 12.6. The zero-order chi connectivity index (χ0) is 18.4. The van der Waals surface area contributed by atoms with Crippen molar-refractivity contribution in [2.45, 2.75) is 38.5 Å². The number of piperidine rings is 1. The first-order valence-electron chi connectivity index (χ1n) is 9.96. The highest BCUT2D eigenvalue weighted by Gasteiger charge is 2.25. The minimum absolute atomic E-state index is 0.225. The van der Waals surface area contributed by atoms with Crippen LogP contribution in [0.1, 0.15) is 44.1 Å². The molecule has 2 heterocycles. The molecule has 2 saturated heterocycles. The zero-order valence-corrected chi connectivity index (χ0v) is 15.9. The van der Waals surface area contributed by atoms with Gasteiger partial charge in [0.25, 0.3) is 0 Å². The van der Waals surface area contributed by atoms with E-state index in [1.54, 1.807) is 0 Å². The van der Waals surface area contributed by atoms with Gasteiger partial charge in [-0.05, 0) is 30.7 Å². The molecule has 0 saturated carbocycles. The predicted molar refractivity (Wildman–Crippen MR) is 103 cm³/mol. The number of amides is 2. The second kappa shape index (κ2) is 9.17. The Hall–Kier alpha value is -1.88. The Balaban J connectivity index is 1.41. The summed E-state index contributed by atoms with van der Waals surface area (Å²) in [5, 5.41) is 0. The molecule has 2 fully saturated rings. The van der Waals surface area contributed by atoms with E-state index in [0.29, 0.717) is 13.0 Å². The lowest BCUT2D eigenvalue weighted by atomic mass is 9.97. The number of hydrogen-bond acceptors (Lipinski definition) is 3. The Labute approximate surface area is 156 Å². The van der Waals surface area contributed by atoms with E-state index in [1.165, 1.54) is 12.0 Å². The molecule has 2 aliphatic rings. The van der Waals surface area contributed by atoms with Gasteiger partial charge in [0.2, 0.25) is 11.8 Å². The van der Waals surface area contributed by atoms with Gasteiger partial charge in [-0.2, -0.15) is 0 Å². The quantitative estimate of drug-likeness (QED) is 0.812. The summed E-state index contributed by atoms with van der Waals surface area (Å²) in [6, 6.07) is 10.2. The number of piperazine rings is 1. The van der Waals surface area contributed by atoms with Crippen LogP contribution < -0.4 is 0 Å². The van der Waals surface area contributed by atoms with E-state index in [2.05, 4.69) is 24.0 Å². The van der Waals surface area contributed by atoms with E-state index in [1.807, 2.05) is 28.0 Å². The van der Waals surface area contributed by atoms with Crippen LogP contribution in [-0.2, 0) is 9.59 Å². The molecule has 0 spiro atoms. The summed E-state index contributed by atoms with van der Waals surface area (Å²) < 4.78 is 0. The molecule has 2 aliphatic heterocycles. The highest BCUT2D eigenvalue weighted by atomic mass is 16.2. The summed E-state index contributed by atoms with van der Waals surface area (Å²) in [4.78, 5) is 31.1. The van der Waals surface area contributed by atoms with Crippen molar-refractivity contribution in [2.24, 2.45) is 0 Å². The van der Waals surface area contributed by atoms with E-state index in [4.69, 9.17) is 0 Å². The third-order valence-corrected chi connectivity index (χ3v) is 5.64. The van der Waals surface area contributed by atoms with Crippen LogP contribution in [0.2, 0.25) is 0 Å². The van der Waals surface area contributed by atoms with Gasteiger partial charge in [0.15, 0.2) is 0 Å². The van der Waals surface area contributed by atoms with Gasteiger partial charge in [-0.15, -0.1) is 0 Å². The monoisotopic (exact) mass is 357 g/mol. The fourth-order valence-corrected chi connectivity index (χ4v) is 3.88. The van der Waals surface area contributed by atoms with Gasteiger partial charge in [0.05, 0.1) is 6.54 Å². The second-order valence-corrected chi connectivity index (χ2v) is 7.61. The minimum atomic E-state index is 0.225. The van der Waals surface area contributed by atoms with Crippen LogP contribution in [0.15, 0.2) is 30.3 Å². The maximum atomic E-state index is 12.6. The van der Waals surface area contributed by atoms with Crippen LogP contribution in [-0.4, -0.2) is 72.3 Å². The van der Waals surface area contributed by atoms with E-state index in [9.17, 15) is 9.59 Å². The topological polar surface area (TPSA) is 43.9 Å². The van der Waals surface area contributed by atoms with Crippen molar-refractivity contribution in [1.29, 1.82) is 0 Å². The fraction of sp³-hybridized carbons (Fsp3) is 0.619. The Morgan fingerprint density at radius 1 is 0.846 bits per heavy atom. The van der Waals surface area contributed by atoms with Crippen molar-refractivity contribution < 1.29 is 9.59 Å². The van der Waals surface area contributed by atoms with E-state index < -0.39 is 0 Å². The van der Waals surface area contributed by atoms with Gasteiger partial charge < -0.3 is 9.80 Å². The SMILES string of the molecule is CC(CC(=O)N1CCN(CC(=O)N2CCCCC2)CC1)c1ccccc1. The number of carbonyl (C=O) groups excluding carboxylic acids is 2. The summed E-state index contributed by atoms with van der Waals surface area (Å²) in [6.07, 6.45) is 4.06. The van der Waals surface area contributed by atoms with Crippen LogP contribution in [0.3, 0.4) is 0 Å². The molecule has 142 valence electrons. The zero-order valence-electron chi connectivity index (χ0n) is 15.9. The van der Waals surface area contributed by atoms with E-state index in [0.717, 1.165) is 52.1 Å². The molecule has 26 heavy (non-hydrogen) atoms. The molecule has 1 unspecified atom stereocenters. The largest absolute Gasteiger partial charge is 0.342 e. The molecule has 1 atom stereocenters. The average Bonchev–Trinajstić information content (AvgIpc) is 2.69. The highest BCUT2D eigenvalue weighted by molar-refractivity contribution is 5.79. The molecule has 2 amide bonds. The minimum Gasteiger partial charge on any atom is -0.342 e. The normalized spacial score (nSPS) is 20.0. The number of likely N-dealkylation sites (tertiary alicyclic amines) is 1. The molecular weight excluding hydrogens is 326 g/mol. The molecule has 1 aromatic rings. The van der Waals surface area contributed by atoms with Crippen LogP contribution in [0.5, 0.6) is 0 Å².